The van der Waals surface area contributed by atoms with Crippen molar-refractivity contribution in [3.8, 4) is 11.6 Å². The lowest BCUT2D eigenvalue weighted by Gasteiger charge is -2.22. The number of carbonyl (C=O) groups is 1. The maximum atomic E-state index is 12.7. The molecule has 1 aromatic carbocycles. The lowest BCUT2D eigenvalue weighted by molar-refractivity contribution is 0.0598. The second-order valence-corrected chi connectivity index (χ2v) is 7.57. The van der Waals surface area contributed by atoms with Crippen molar-refractivity contribution in [2.75, 3.05) is 32.1 Å². The van der Waals surface area contributed by atoms with E-state index in [9.17, 15) is 4.79 Å². The standard InChI is InChI=1S/C22H30ClN3O4/c1-6-17(12-24-7-8-27)26-18-11-15(4)25-21(19(18)22(28)29-5)30-20-13(2)9-16(23)10-14(20)3/h9-11,17,24,27H,6-8,12H2,1-5H3,(H,25,26). The van der Waals surface area contributed by atoms with Crippen LogP contribution in [-0.2, 0) is 4.74 Å². The van der Waals surface area contributed by atoms with Crippen molar-refractivity contribution in [2.24, 2.45) is 0 Å². The van der Waals surface area contributed by atoms with Gasteiger partial charge in [-0.1, -0.05) is 18.5 Å². The van der Waals surface area contributed by atoms with Gasteiger partial charge in [0.1, 0.15) is 11.3 Å². The number of hydrogen-bond donors (Lipinski definition) is 3. The van der Waals surface area contributed by atoms with E-state index in [-0.39, 0.29) is 24.1 Å². The molecular weight excluding hydrogens is 406 g/mol. The van der Waals surface area contributed by atoms with E-state index in [0.717, 1.165) is 17.5 Å². The smallest absolute Gasteiger partial charge is 0.345 e. The highest BCUT2D eigenvalue weighted by molar-refractivity contribution is 6.30. The van der Waals surface area contributed by atoms with E-state index in [2.05, 4.69) is 15.6 Å². The van der Waals surface area contributed by atoms with Gasteiger partial charge in [0.2, 0.25) is 5.88 Å². The predicted molar refractivity (Wildman–Crippen MR) is 119 cm³/mol. The number of nitrogens with zero attached hydrogens (tertiary/aromatic N) is 1. The van der Waals surface area contributed by atoms with Gasteiger partial charge in [-0.25, -0.2) is 9.78 Å². The Morgan fingerprint density at radius 2 is 1.90 bits per heavy atom. The van der Waals surface area contributed by atoms with E-state index >= 15 is 0 Å². The van der Waals surface area contributed by atoms with Crippen LogP contribution < -0.4 is 15.4 Å². The van der Waals surface area contributed by atoms with Crippen molar-refractivity contribution in [2.45, 2.75) is 40.2 Å². The number of ether oxygens (including phenoxy) is 2. The third-order valence-corrected chi connectivity index (χ3v) is 4.88. The number of aliphatic hydroxyl groups is 1. The first-order valence-electron chi connectivity index (χ1n) is 9.93. The highest BCUT2D eigenvalue weighted by Crippen LogP contribution is 2.35. The number of benzene rings is 1. The Hall–Kier alpha value is -2.35. The Morgan fingerprint density at radius 3 is 2.47 bits per heavy atom. The number of aliphatic hydroxyl groups excluding tert-OH is 1. The molecule has 8 heteroatoms. The normalized spacial score (nSPS) is 11.8. The number of methoxy groups -OCH3 is 1. The summed E-state index contributed by atoms with van der Waals surface area (Å²) in [5.74, 6) is 0.240. The second-order valence-electron chi connectivity index (χ2n) is 7.13. The lowest BCUT2D eigenvalue weighted by atomic mass is 10.1. The predicted octanol–water partition coefficient (Wildman–Crippen LogP) is 4.01. The third-order valence-electron chi connectivity index (χ3n) is 4.66. The van der Waals surface area contributed by atoms with Crippen LogP contribution in [0, 0.1) is 20.8 Å². The van der Waals surface area contributed by atoms with Crippen LogP contribution in [0.3, 0.4) is 0 Å². The Balaban J connectivity index is 2.47. The topological polar surface area (TPSA) is 92.7 Å². The minimum absolute atomic E-state index is 0.0358. The molecular formula is C22H30ClN3O4. The van der Waals surface area contributed by atoms with Crippen LogP contribution in [0.15, 0.2) is 18.2 Å². The highest BCUT2D eigenvalue weighted by Gasteiger charge is 2.24. The number of halogens is 1. The molecule has 0 spiro atoms. The van der Waals surface area contributed by atoms with Crippen molar-refractivity contribution in [1.29, 1.82) is 0 Å². The molecule has 0 bridgehead atoms. The largest absolute Gasteiger partial charge is 0.465 e. The van der Waals surface area contributed by atoms with E-state index in [1.165, 1.54) is 7.11 Å². The summed E-state index contributed by atoms with van der Waals surface area (Å²) in [5.41, 5.74) is 3.20. The van der Waals surface area contributed by atoms with Crippen LogP contribution in [0.2, 0.25) is 5.02 Å². The first kappa shape index (κ1) is 23.9. The highest BCUT2D eigenvalue weighted by atomic mass is 35.5. The Labute approximate surface area is 182 Å². The molecule has 0 fully saturated rings. The Kier molecular flexibility index (Phi) is 8.89. The van der Waals surface area contributed by atoms with Gasteiger partial charge in [-0.15, -0.1) is 0 Å². The molecule has 2 aromatic rings. The summed E-state index contributed by atoms with van der Waals surface area (Å²) >= 11 is 6.13. The molecule has 1 unspecified atom stereocenters. The van der Waals surface area contributed by atoms with Crippen molar-refractivity contribution in [1.82, 2.24) is 10.3 Å². The van der Waals surface area contributed by atoms with Gasteiger partial charge in [-0.3, -0.25) is 0 Å². The summed E-state index contributed by atoms with van der Waals surface area (Å²) in [6.45, 7) is 8.86. The number of aryl methyl sites for hydroxylation is 3. The van der Waals surface area contributed by atoms with Crippen molar-refractivity contribution in [3.63, 3.8) is 0 Å². The summed E-state index contributed by atoms with van der Waals surface area (Å²) in [7, 11) is 1.33. The summed E-state index contributed by atoms with van der Waals surface area (Å²) in [6.07, 6.45) is 0.812. The maximum absolute atomic E-state index is 12.7. The van der Waals surface area contributed by atoms with Gasteiger partial charge in [0.25, 0.3) is 0 Å². The quantitative estimate of drug-likeness (QED) is 0.383. The SMILES string of the molecule is CCC(CNCCO)Nc1cc(C)nc(Oc2c(C)cc(Cl)cc2C)c1C(=O)OC. The van der Waals surface area contributed by atoms with Gasteiger partial charge in [0.15, 0.2) is 0 Å². The van der Waals surface area contributed by atoms with E-state index < -0.39 is 5.97 Å². The molecule has 0 saturated heterocycles. The fraction of sp³-hybridized carbons (Fsp3) is 0.455. The number of nitrogens with one attached hydrogen (secondary N) is 2. The molecule has 30 heavy (non-hydrogen) atoms. The molecule has 0 aliphatic rings. The second kappa shape index (κ2) is 11.2. The first-order chi connectivity index (χ1) is 14.3. The molecule has 1 heterocycles. The van der Waals surface area contributed by atoms with E-state index in [1.54, 1.807) is 18.2 Å². The fourth-order valence-electron chi connectivity index (χ4n) is 3.16. The molecule has 0 saturated carbocycles. The molecule has 7 nitrogen and oxygen atoms in total. The van der Waals surface area contributed by atoms with Gasteiger partial charge in [-0.2, -0.15) is 0 Å². The van der Waals surface area contributed by atoms with E-state index in [4.69, 9.17) is 26.2 Å². The zero-order chi connectivity index (χ0) is 22.3. The molecule has 164 valence electrons. The molecule has 1 atom stereocenters. The third kappa shape index (κ3) is 6.08. The van der Waals surface area contributed by atoms with Crippen molar-refractivity contribution in [3.05, 3.63) is 45.6 Å². The molecule has 0 aliphatic carbocycles. The van der Waals surface area contributed by atoms with Gasteiger partial charge in [0, 0.05) is 29.8 Å². The van der Waals surface area contributed by atoms with E-state index in [0.29, 0.717) is 35.2 Å². The van der Waals surface area contributed by atoms with Crippen LogP contribution in [0.1, 0.15) is 40.5 Å². The van der Waals surface area contributed by atoms with Crippen molar-refractivity contribution >= 4 is 23.3 Å². The van der Waals surface area contributed by atoms with Crippen LogP contribution in [-0.4, -0.2) is 48.9 Å². The molecule has 1 aromatic heterocycles. The minimum Gasteiger partial charge on any atom is -0.465 e. The van der Waals surface area contributed by atoms with Crippen LogP contribution in [0.4, 0.5) is 5.69 Å². The minimum atomic E-state index is -0.539. The zero-order valence-electron chi connectivity index (χ0n) is 18.1. The molecule has 0 amide bonds. The summed E-state index contributed by atoms with van der Waals surface area (Å²) in [4.78, 5) is 17.1. The van der Waals surface area contributed by atoms with Crippen LogP contribution in [0.5, 0.6) is 11.6 Å². The zero-order valence-corrected chi connectivity index (χ0v) is 18.9. The fourth-order valence-corrected chi connectivity index (χ4v) is 3.49. The van der Waals surface area contributed by atoms with Gasteiger partial charge < -0.3 is 25.2 Å². The first-order valence-corrected chi connectivity index (χ1v) is 10.3. The molecule has 3 N–H and O–H groups in total. The number of pyridine rings is 1. The molecule has 2 rings (SSSR count). The average Bonchev–Trinajstić information content (AvgIpc) is 2.69. The average molecular weight is 436 g/mol. The lowest BCUT2D eigenvalue weighted by Crippen LogP contribution is -2.34. The van der Waals surface area contributed by atoms with Gasteiger partial charge >= 0.3 is 5.97 Å². The number of anilines is 1. The summed E-state index contributed by atoms with van der Waals surface area (Å²) in [5, 5.41) is 16.2. The molecule has 0 aliphatic heterocycles. The monoisotopic (exact) mass is 435 g/mol. The number of esters is 1. The Bertz CT molecular complexity index is 866. The maximum Gasteiger partial charge on any atom is 0.345 e. The summed E-state index contributed by atoms with van der Waals surface area (Å²) in [6, 6.07) is 5.44. The van der Waals surface area contributed by atoms with Crippen LogP contribution >= 0.6 is 11.6 Å². The van der Waals surface area contributed by atoms with Crippen LogP contribution in [0.25, 0.3) is 0 Å². The van der Waals surface area contributed by atoms with E-state index in [1.807, 2.05) is 27.7 Å². The Morgan fingerprint density at radius 1 is 1.23 bits per heavy atom. The van der Waals surface area contributed by atoms with Gasteiger partial charge in [-0.05, 0) is 56.5 Å². The van der Waals surface area contributed by atoms with Crippen molar-refractivity contribution < 1.29 is 19.4 Å². The number of aromatic nitrogens is 1. The number of hydrogen-bond acceptors (Lipinski definition) is 7. The number of rotatable bonds is 10. The number of carbonyl (C=O) groups excluding carboxylic acids is 1. The van der Waals surface area contributed by atoms with Gasteiger partial charge in [0.05, 0.1) is 19.4 Å². The molecule has 0 radical (unpaired) electrons. The summed E-state index contributed by atoms with van der Waals surface area (Å²) < 4.78 is 11.1.